The van der Waals surface area contributed by atoms with Gasteiger partial charge in [0.25, 0.3) is 0 Å². The molecule has 0 bridgehead atoms. The average molecular weight is 258 g/mol. The van der Waals surface area contributed by atoms with E-state index in [2.05, 4.69) is 19.1 Å². The fourth-order valence-corrected chi connectivity index (χ4v) is 0.498. The minimum Gasteiger partial charge on any atom is -1.00 e. The van der Waals surface area contributed by atoms with E-state index in [1.807, 2.05) is 12.2 Å². The second-order valence-electron chi connectivity index (χ2n) is 2.08. The van der Waals surface area contributed by atoms with Gasteiger partial charge >= 0.3 is 21.7 Å². The van der Waals surface area contributed by atoms with Gasteiger partial charge in [0.1, 0.15) is 0 Å². The first-order chi connectivity index (χ1) is 4.91. The zero-order valence-electron chi connectivity index (χ0n) is 7.76. The first-order valence-electron chi connectivity index (χ1n) is 3.74. The van der Waals surface area contributed by atoms with Crippen LogP contribution in [0, 0.1) is 6.08 Å². The molecule has 0 atom stereocenters. The van der Waals surface area contributed by atoms with E-state index in [0.29, 0.717) is 6.61 Å². The molecule has 0 aromatic rings. The van der Waals surface area contributed by atoms with Gasteiger partial charge in [0.2, 0.25) is 0 Å². The minimum absolute atomic E-state index is 0. The van der Waals surface area contributed by atoms with E-state index in [1.54, 1.807) is 0 Å². The SMILES string of the molecule is CCCCO.[C-]1=CC=CC1.[Cl-].[Cl-].[Ti+3]. The second-order valence-corrected chi connectivity index (χ2v) is 2.08. The molecular formula is C9H15Cl2OTi. The summed E-state index contributed by atoms with van der Waals surface area (Å²) < 4.78 is 0. The van der Waals surface area contributed by atoms with Crippen molar-refractivity contribution in [1.82, 2.24) is 0 Å². The van der Waals surface area contributed by atoms with Crippen LogP contribution in [-0.2, 0) is 21.7 Å². The van der Waals surface area contributed by atoms with Gasteiger partial charge in [0.05, 0.1) is 0 Å². The predicted molar refractivity (Wildman–Crippen MR) is 43.6 cm³/mol. The van der Waals surface area contributed by atoms with Crippen molar-refractivity contribution < 1.29 is 51.6 Å². The molecule has 4 heteroatoms. The zero-order valence-corrected chi connectivity index (χ0v) is 10.8. The molecule has 75 valence electrons. The Morgan fingerprint density at radius 2 is 2.00 bits per heavy atom. The van der Waals surface area contributed by atoms with Gasteiger partial charge in [-0.1, -0.05) is 13.3 Å². The summed E-state index contributed by atoms with van der Waals surface area (Å²) in [4.78, 5) is 0. The van der Waals surface area contributed by atoms with E-state index >= 15 is 0 Å². The molecular weight excluding hydrogens is 243 g/mol. The van der Waals surface area contributed by atoms with E-state index in [0.717, 1.165) is 19.3 Å². The quantitative estimate of drug-likeness (QED) is 0.396. The standard InChI is InChI=1S/C5H5.C4H10O.2ClH.Ti/c1-2-4-5-3-1;1-2-3-4-5;;;/h1-3H,4H2;5H,2-4H2,1H3;2*1H;/q-1;;;;+3/p-2. The number of rotatable bonds is 2. The molecule has 1 rings (SSSR count). The van der Waals surface area contributed by atoms with Crippen molar-refractivity contribution in [3.05, 3.63) is 24.3 Å². The molecule has 1 N–H and O–H groups in total. The molecule has 0 fully saturated rings. The van der Waals surface area contributed by atoms with Crippen LogP contribution in [0.4, 0.5) is 0 Å². The minimum atomic E-state index is 0. The predicted octanol–water partition coefficient (Wildman–Crippen LogP) is -3.91. The number of unbranched alkanes of at least 4 members (excludes halogenated alkanes) is 1. The number of halogens is 2. The van der Waals surface area contributed by atoms with Crippen molar-refractivity contribution in [2.75, 3.05) is 6.61 Å². The van der Waals surface area contributed by atoms with Crippen LogP contribution >= 0.6 is 0 Å². The maximum atomic E-state index is 8.07. The van der Waals surface area contributed by atoms with Crippen molar-refractivity contribution in [2.45, 2.75) is 26.2 Å². The zero-order chi connectivity index (χ0) is 7.66. The van der Waals surface area contributed by atoms with Crippen LogP contribution in [0.15, 0.2) is 18.2 Å². The van der Waals surface area contributed by atoms with Crippen molar-refractivity contribution in [1.29, 1.82) is 0 Å². The Kier molecular flexibility index (Phi) is 41.6. The van der Waals surface area contributed by atoms with Gasteiger partial charge in [0, 0.05) is 6.61 Å². The smallest absolute Gasteiger partial charge is 1.00 e. The molecule has 1 aliphatic rings. The molecule has 0 aromatic carbocycles. The Labute approximate surface area is 108 Å². The summed E-state index contributed by atoms with van der Waals surface area (Å²) in [5, 5.41) is 8.07. The van der Waals surface area contributed by atoms with Crippen molar-refractivity contribution in [3.8, 4) is 0 Å². The number of aliphatic hydroxyl groups excluding tert-OH is 1. The van der Waals surface area contributed by atoms with Crippen LogP contribution in [0.1, 0.15) is 26.2 Å². The van der Waals surface area contributed by atoms with Crippen molar-refractivity contribution in [3.63, 3.8) is 0 Å². The molecule has 0 aromatic heterocycles. The first kappa shape index (κ1) is 23.5. The van der Waals surface area contributed by atoms with E-state index < -0.39 is 0 Å². The van der Waals surface area contributed by atoms with Gasteiger partial charge in [-0.3, -0.25) is 6.08 Å². The largest absolute Gasteiger partial charge is 3.00 e. The van der Waals surface area contributed by atoms with E-state index in [-0.39, 0.29) is 46.5 Å². The summed E-state index contributed by atoms with van der Waals surface area (Å²) in [6, 6.07) is 0. The maximum absolute atomic E-state index is 8.07. The monoisotopic (exact) mass is 257 g/mol. The summed E-state index contributed by atoms with van der Waals surface area (Å²) >= 11 is 0. The van der Waals surface area contributed by atoms with Crippen LogP contribution in [0.25, 0.3) is 0 Å². The summed E-state index contributed by atoms with van der Waals surface area (Å²) in [7, 11) is 0. The van der Waals surface area contributed by atoms with Crippen LogP contribution in [0.5, 0.6) is 0 Å². The second kappa shape index (κ2) is 23.0. The van der Waals surface area contributed by atoms with Crippen molar-refractivity contribution >= 4 is 0 Å². The Balaban J connectivity index is -0.0000000506. The molecule has 0 amide bonds. The first-order valence-corrected chi connectivity index (χ1v) is 3.74. The Morgan fingerprint density at radius 3 is 2.08 bits per heavy atom. The molecule has 13 heavy (non-hydrogen) atoms. The van der Waals surface area contributed by atoms with Crippen LogP contribution in [0.2, 0.25) is 0 Å². The van der Waals surface area contributed by atoms with Crippen LogP contribution in [0.3, 0.4) is 0 Å². The fourth-order valence-electron chi connectivity index (χ4n) is 0.498. The number of aliphatic hydroxyl groups is 1. The normalized spacial score (nSPS) is 10.0. The Morgan fingerprint density at radius 1 is 1.38 bits per heavy atom. The van der Waals surface area contributed by atoms with Gasteiger partial charge in [-0.05, 0) is 6.42 Å². The summed E-state index contributed by atoms with van der Waals surface area (Å²) in [5.41, 5.74) is 0. The van der Waals surface area contributed by atoms with E-state index in [4.69, 9.17) is 5.11 Å². The van der Waals surface area contributed by atoms with Gasteiger partial charge < -0.3 is 29.9 Å². The summed E-state index contributed by atoms with van der Waals surface area (Å²) in [5.74, 6) is 0. The van der Waals surface area contributed by atoms with E-state index in [1.165, 1.54) is 0 Å². The van der Waals surface area contributed by atoms with Gasteiger partial charge in [-0.2, -0.15) is 6.08 Å². The summed E-state index contributed by atoms with van der Waals surface area (Å²) in [6.07, 6.45) is 12.0. The molecule has 1 aliphatic carbocycles. The molecule has 0 unspecified atom stereocenters. The molecule has 0 aliphatic heterocycles. The molecule has 0 saturated carbocycles. The van der Waals surface area contributed by atoms with Crippen molar-refractivity contribution in [2.24, 2.45) is 0 Å². The third kappa shape index (κ3) is 24.5. The Bertz CT molecular complexity index is 104. The molecule has 0 saturated heterocycles. The molecule has 0 spiro atoms. The summed E-state index contributed by atoms with van der Waals surface area (Å²) in [6.45, 7) is 2.40. The third-order valence-electron chi connectivity index (χ3n) is 1.10. The molecule has 1 radical (unpaired) electrons. The van der Waals surface area contributed by atoms with Gasteiger partial charge in [-0.25, -0.2) is 12.2 Å². The van der Waals surface area contributed by atoms with Crippen LogP contribution in [-0.4, -0.2) is 11.7 Å². The van der Waals surface area contributed by atoms with Gasteiger partial charge in [-0.15, -0.1) is 6.42 Å². The van der Waals surface area contributed by atoms with Crippen LogP contribution < -0.4 is 24.8 Å². The van der Waals surface area contributed by atoms with E-state index in [9.17, 15) is 0 Å². The maximum Gasteiger partial charge on any atom is 3.00 e. The molecule has 1 nitrogen and oxygen atoms in total. The fraction of sp³-hybridized carbons (Fsp3) is 0.556. The number of hydrogen-bond donors (Lipinski definition) is 1. The average Bonchev–Trinajstić information content (AvgIpc) is 2.44. The van der Waals surface area contributed by atoms with Gasteiger partial charge in [0.15, 0.2) is 0 Å². The third-order valence-corrected chi connectivity index (χ3v) is 1.10. The number of allylic oxidation sites excluding steroid dienone is 4. The Hall–Kier alpha value is 0.734. The number of hydrogen-bond acceptors (Lipinski definition) is 1. The topological polar surface area (TPSA) is 20.2 Å². The molecule has 0 heterocycles.